The zero-order valence-corrected chi connectivity index (χ0v) is 16.5. The van der Waals surface area contributed by atoms with Gasteiger partial charge in [0.05, 0.1) is 21.3 Å². The molecule has 0 spiro atoms. The van der Waals surface area contributed by atoms with E-state index in [0.717, 1.165) is 0 Å². The maximum Gasteiger partial charge on any atom is 0.348 e. The third kappa shape index (κ3) is 2.21. The molecule has 0 N–H and O–H groups in total. The molecule has 1 aromatic carbocycles. The van der Waals surface area contributed by atoms with Crippen molar-refractivity contribution in [3.63, 3.8) is 0 Å². The van der Waals surface area contributed by atoms with Crippen molar-refractivity contribution in [2.45, 2.75) is 25.2 Å². The van der Waals surface area contributed by atoms with E-state index >= 15 is 0 Å². The van der Waals surface area contributed by atoms with Gasteiger partial charge in [-0.05, 0) is 13.1 Å². The number of likely N-dealkylation sites (N-methyl/N-ethyl adjacent to an activating group) is 1. The highest BCUT2D eigenvalue weighted by atomic mass is 16.6. The van der Waals surface area contributed by atoms with Gasteiger partial charge < -0.3 is 18.9 Å². The molecule has 2 heterocycles. The number of hydrogen-bond acceptors (Lipinski definition) is 8. The first kappa shape index (κ1) is 20.0. The molecule has 2 atom stereocenters. The summed E-state index contributed by atoms with van der Waals surface area (Å²) in [5.74, 6) is -2.44. The van der Waals surface area contributed by atoms with E-state index in [4.69, 9.17) is 18.9 Å². The van der Waals surface area contributed by atoms with E-state index in [2.05, 4.69) is 0 Å². The summed E-state index contributed by atoms with van der Waals surface area (Å²) >= 11 is 0. The quantitative estimate of drug-likeness (QED) is 0.530. The normalized spacial score (nSPS) is 24.9. The minimum atomic E-state index is -1.91. The summed E-state index contributed by atoms with van der Waals surface area (Å²) in [6.45, 7) is 4.76. The lowest BCUT2D eigenvalue weighted by Crippen LogP contribution is -2.48. The fraction of sp³-hybridized carbons (Fsp3) is 0.450. The molecule has 1 aromatic rings. The van der Waals surface area contributed by atoms with Crippen molar-refractivity contribution < 1.29 is 33.3 Å². The molecule has 0 fully saturated rings. The lowest BCUT2D eigenvalue weighted by Gasteiger charge is -2.39. The van der Waals surface area contributed by atoms with Crippen molar-refractivity contribution in [2.24, 2.45) is 0 Å². The predicted molar refractivity (Wildman–Crippen MR) is 96.9 cm³/mol. The third-order valence-electron chi connectivity index (χ3n) is 5.37. The Kier molecular flexibility index (Phi) is 5.03. The molecule has 8 nitrogen and oxygen atoms in total. The summed E-state index contributed by atoms with van der Waals surface area (Å²) < 4.78 is 21.3. The van der Waals surface area contributed by atoms with Crippen molar-refractivity contribution in [1.29, 1.82) is 0 Å². The van der Waals surface area contributed by atoms with E-state index in [9.17, 15) is 14.4 Å². The minimum absolute atomic E-state index is 0.0605. The van der Waals surface area contributed by atoms with Crippen LogP contribution in [0.4, 0.5) is 0 Å². The van der Waals surface area contributed by atoms with Crippen LogP contribution in [0.2, 0.25) is 0 Å². The highest BCUT2D eigenvalue weighted by Crippen LogP contribution is 2.63. The van der Waals surface area contributed by atoms with Crippen LogP contribution < -0.4 is 0 Å². The lowest BCUT2D eigenvalue weighted by molar-refractivity contribution is -0.196. The molecule has 0 saturated heterocycles. The smallest absolute Gasteiger partial charge is 0.348 e. The topological polar surface area (TPSA) is 91.4 Å². The average molecular weight is 389 g/mol. The van der Waals surface area contributed by atoms with E-state index in [1.807, 2.05) is 18.7 Å². The van der Waals surface area contributed by atoms with Crippen LogP contribution in [0.1, 0.15) is 25.0 Å². The molecular weight excluding hydrogens is 366 g/mol. The number of ether oxygens (including phenoxy) is 4. The first-order chi connectivity index (χ1) is 13.4. The Morgan fingerprint density at radius 2 is 1.43 bits per heavy atom. The van der Waals surface area contributed by atoms with Gasteiger partial charge in [0.1, 0.15) is 11.1 Å². The minimum Gasteiger partial charge on any atom is -0.466 e. The molecule has 0 radical (unpaired) electrons. The van der Waals surface area contributed by atoms with Gasteiger partial charge in [-0.25, -0.2) is 14.4 Å². The lowest BCUT2D eigenvalue weighted by atomic mass is 9.74. The first-order valence-corrected chi connectivity index (χ1v) is 8.96. The summed E-state index contributed by atoms with van der Waals surface area (Å²) in [6.07, 6.45) is 0. The zero-order chi connectivity index (χ0) is 20.7. The van der Waals surface area contributed by atoms with E-state index in [0.29, 0.717) is 24.2 Å². The summed E-state index contributed by atoms with van der Waals surface area (Å²) in [4.78, 5) is 40.6. The van der Waals surface area contributed by atoms with Crippen molar-refractivity contribution >= 4 is 17.9 Å². The maximum atomic E-state index is 13.0. The summed E-state index contributed by atoms with van der Waals surface area (Å²) in [7, 11) is 3.59. The van der Waals surface area contributed by atoms with Gasteiger partial charge in [-0.15, -0.1) is 0 Å². The van der Waals surface area contributed by atoms with Crippen molar-refractivity contribution in [3.05, 3.63) is 46.5 Å². The van der Waals surface area contributed by atoms with Gasteiger partial charge in [0.15, 0.2) is 5.72 Å². The van der Waals surface area contributed by atoms with E-state index in [1.165, 1.54) is 21.3 Å². The summed E-state index contributed by atoms with van der Waals surface area (Å²) in [6, 6.07) is 6.98. The Labute approximate surface area is 163 Å². The van der Waals surface area contributed by atoms with Gasteiger partial charge in [-0.3, -0.25) is 4.90 Å². The van der Waals surface area contributed by atoms with Gasteiger partial charge >= 0.3 is 17.9 Å². The van der Waals surface area contributed by atoms with Crippen molar-refractivity contribution in [3.8, 4) is 0 Å². The van der Waals surface area contributed by atoms with Crippen molar-refractivity contribution in [1.82, 2.24) is 4.90 Å². The predicted octanol–water partition coefficient (Wildman–Crippen LogP) is 1.24. The second kappa shape index (κ2) is 7.03. The van der Waals surface area contributed by atoms with Crippen LogP contribution in [0.5, 0.6) is 0 Å². The standard InChI is InChI=1S/C20H23NO7/c1-6-21(7-2)20-13-11-9-8-10-12(13)19(28-20,18(24)27-5)14(16(22)25-3)15(20)17(23)26-4/h8-11H,6-7H2,1-5H3. The molecule has 0 aromatic heterocycles. The summed E-state index contributed by atoms with van der Waals surface area (Å²) in [5, 5.41) is 0. The second-order valence-electron chi connectivity index (χ2n) is 6.37. The molecule has 2 aliphatic rings. The number of carbonyl (C=O) groups excluding carboxylic acids is 3. The van der Waals surface area contributed by atoms with Gasteiger partial charge in [0.25, 0.3) is 0 Å². The molecule has 0 aliphatic carbocycles. The summed E-state index contributed by atoms with van der Waals surface area (Å²) in [5.41, 5.74) is -2.61. The van der Waals surface area contributed by atoms with Crippen molar-refractivity contribution in [2.75, 3.05) is 34.4 Å². The Balaban J connectivity index is 2.51. The van der Waals surface area contributed by atoms with Gasteiger partial charge in [-0.2, -0.15) is 0 Å². The van der Waals surface area contributed by atoms with Gasteiger partial charge in [0.2, 0.25) is 5.60 Å². The molecule has 0 amide bonds. The largest absolute Gasteiger partial charge is 0.466 e. The van der Waals surface area contributed by atoms with E-state index in [1.54, 1.807) is 24.3 Å². The van der Waals surface area contributed by atoms with Crippen LogP contribution >= 0.6 is 0 Å². The highest BCUT2D eigenvalue weighted by Gasteiger charge is 2.73. The highest BCUT2D eigenvalue weighted by molar-refractivity contribution is 6.11. The molecule has 8 heteroatoms. The van der Waals surface area contributed by atoms with E-state index in [-0.39, 0.29) is 11.1 Å². The molecular formula is C20H23NO7. The maximum absolute atomic E-state index is 13.0. The molecule has 28 heavy (non-hydrogen) atoms. The fourth-order valence-electron chi connectivity index (χ4n) is 4.28. The number of nitrogens with zero attached hydrogens (tertiary/aromatic N) is 1. The van der Waals surface area contributed by atoms with Crippen LogP contribution in [-0.2, 0) is 44.7 Å². The zero-order valence-electron chi connectivity index (χ0n) is 16.5. The van der Waals surface area contributed by atoms with Gasteiger partial charge in [0, 0.05) is 11.1 Å². The molecule has 150 valence electrons. The number of fused-ring (bicyclic) bond motifs is 5. The number of esters is 3. The van der Waals surface area contributed by atoms with Crippen LogP contribution in [0, 0.1) is 0 Å². The number of methoxy groups -OCH3 is 3. The second-order valence-corrected chi connectivity index (χ2v) is 6.37. The molecule has 0 saturated carbocycles. The first-order valence-electron chi connectivity index (χ1n) is 8.96. The van der Waals surface area contributed by atoms with Crippen LogP contribution in [0.15, 0.2) is 35.4 Å². The van der Waals surface area contributed by atoms with Crippen LogP contribution in [0.3, 0.4) is 0 Å². The number of hydrogen-bond donors (Lipinski definition) is 0. The monoisotopic (exact) mass is 389 g/mol. The number of rotatable bonds is 6. The Morgan fingerprint density at radius 3 is 1.93 bits per heavy atom. The Bertz CT molecular complexity index is 873. The molecule has 2 bridgehead atoms. The number of carbonyl (C=O) groups is 3. The molecule has 2 unspecified atom stereocenters. The SMILES string of the molecule is CCN(CC)C12OC(C(=O)OC)(C(C(=O)OC)=C1C(=O)OC)c1ccccc12. The Hall–Kier alpha value is -2.71. The molecule has 3 rings (SSSR count). The average Bonchev–Trinajstić information content (AvgIpc) is 3.21. The van der Waals surface area contributed by atoms with Crippen LogP contribution in [-0.4, -0.2) is 57.2 Å². The van der Waals surface area contributed by atoms with Gasteiger partial charge in [-0.1, -0.05) is 38.1 Å². The van der Waals surface area contributed by atoms with E-state index < -0.39 is 29.2 Å². The fourth-order valence-corrected chi connectivity index (χ4v) is 4.28. The third-order valence-corrected chi connectivity index (χ3v) is 5.37. The molecule has 2 aliphatic heterocycles. The number of benzene rings is 1. The Morgan fingerprint density at radius 1 is 0.893 bits per heavy atom. The van der Waals surface area contributed by atoms with Crippen LogP contribution in [0.25, 0.3) is 0 Å².